The molecule has 0 spiro atoms. The normalized spacial score (nSPS) is 19.1. The molecular weight excluding hydrogens is 656 g/mol. The Balaban J connectivity index is 2.02. The Morgan fingerprint density at radius 1 is 1.04 bits per heavy atom. The molecule has 1 aromatic rings. The van der Waals surface area contributed by atoms with E-state index in [1.54, 1.807) is 18.2 Å². The lowest BCUT2D eigenvalue weighted by Gasteiger charge is -2.37. The Morgan fingerprint density at radius 3 is 2.42 bits per heavy atom. The third kappa shape index (κ3) is 13.7. The number of benzene rings is 1. The van der Waals surface area contributed by atoms with Crippen LogP contribution >= 0.6 is 0 Å². The fourth-order valence-electron chi connectivity index (χ4n) is 7.96. The number of aliphatic imine (C=N–C) groups is 1. The highest BCUT2D eigenvalue weighted by molar-refractivity contribution is 6.03. The molecule has 2 fully saturated rings. The Kier molecular flexibility index (Phi) is 18.7. The topological polar surface area (TPSA) is 51.1 Å². The summed E-state index contributed by atoms with van der Waals surface area (Å²) in [5, 5.41) is 14.2. The second kappa shape index (κ2) is 22.6. The van der Waals surface area contributed by atoms with Gasteiger partial charge in [0.25, 0.3) is 0 Å². The van der Waals surface area contributed by atoms with E-state index in [1.165, 1.54) is 74.3 Å². The van der Waals surface area contributed by atoms with E-state index >= 15 is 4.39 Å². The molecule has 6 heteroatoms. The summed E-state index contributed by atoms with van der Waals surface area (Å²) in [5.41, 5.74) is 9.54. The van der Waals surface area contributed by atoms with Gasteiger partial charge < -0.3 is 20.2 Å². The molecule has 294 valence electrons. The Hall–Kier alpha value is -3.54. The van der Waals surface area contributed by atoms with Crippen LogP contribution in [-0.2, 0) is 6.42 Å². The molecule has 2 N–H and O–H groups in total. The van der Waals surface area contributed by atoms with Gasteiger partial charge in [0.2, 0.25) is 0 Å². The first-order chi connectivity index (χ1) is 25.5. The molecular formula is C47H73FN4O. The lowest BCUT2D eigenvalue weighted by molar-refractivity contribution is 0.215. The monoisotopic (exact) mass is 729 g/mol. The smallest absolute Gasteiger partial charge is 0.127 e. The van der Waals surface area contributed by atoms with Crippen molar-refractivity contribution in [2.45, 2.75) is 138 Å². The van der Waals surface area contributed by atoms with Gasteiger partial charge in [0, 0.05) is 61.5 Å². The number of hydrogen-bond donors (Lipinski definition) is 2. The van der Waals surface area contributed by atoms with E-state index in [0.717, 1.165) is 93.1 Å². The van der Waals surface area contributed by atoms with Crippen LogP contribution in [-0.4, -0.2) is 59.9 Å². The number of allylic oxidation sites excluding steroid dienone is 4. The highest BCUT2D eigenvalue weighted by Crippen LogP contribution is 2.38. The van der Waals surface area contributed by atoms with E-state index in [-0.39, 0.29) is 11.6 Å². The van der Waals surface area contributed by atoms with Gasteiger partial charge in [0.15, 0.2) is 0 Å². The van der Waals surface area contributed by atoms with Crippen molar-refractivity contribution < 1.29 is 9.50 Å². The van der Waals surface area contributed by atoms with Gasteiger partial charge >= 0.3 is 0 Å². The van der Waals surface area contributed by atoms with Crippen LogP contribution in [0.3, 0.4) is 0 Å². The van der Waals surface area contributed by atoms with E-state index in [1.807, 2.05) is 19.9 Å². The largest absolute Gasteiger partial charge is 0.508 e. The first kappa shape index (κ1) is 43.9. The number of hydrogen-bond acceptors (Lipinski definition) is 5. The number of aliphatic hydroxyl groups is 1. The van der Waals surface area contributed by atoms with E-state index in [9.17, 15) is 5.11 Å². The second-order valence-electron chi connectivity index (χ2n) is 15.8. The Morgan fingerprint density at radius 2 is 1.75 bits per heavy atom. The number of likely N-dealkylation sites (tertiary alicyclic amines) is 1. The minimum atomic E-state index is -0.205. The minimum Gasteiger partial charge on any atom is -0.508 e. The van der Waals surface area contributed by atoms with E-state index < -0.39 is 0 Å². The second-order valence-corrected chi connectivity index (χ2v) is 15.8. The molecule has 0 amide bonds. The van der Waals surface area contributed by atoms with Crippen LogP contribution in [0.1, 0.15) is 143 Å². The van der Waals surface area contributed by atoms with E-state index in [4.69, 9.17) is 4.99 Å². The average molecular weight is 729 g/mol. The standard InChI is InChI=1S/C47H73FN4O/c1-10-14-30-51(34-36(5)32-37(6)38(7)49-28-11-2)39(8)42-24-31-52(46(33-40(53)12-3)43-22-20-23-44(48)41(43)13-4)35-45(42)50-29-21-27-47(9)25-18-16-15-17-19-26-47/h12,20,22-23,32-33,49,53H,6-7,10-11,13-19,21,24-31,34-35H2,1-5,8-9H3/b36-32+,40-12+,42-39+,46-33+,50-45?. The third-order valence-corrected chi connectivity index (χ3v) is 11.3. The molecule has 53 heavy (non-hydrogen) atoms. The van der Waals surface area contributed by atoms with Crippen molar-refractivity contribution in [2.75, 3.05) is 39.3 Å². The van der Waals surface area contributed by atoms with Gasteiger partial charge in [-0.05, 0) is 106 Å². The maximum Gasteiger partial charge on any atom is 0.127 e. The maximum absolute atomic E-state index is 15.2. The highest BCUT2D eigenvalue weighted by atomic mass is 19.1. The fraction of sp³-hybridized carbons (Fsp3) is 0.596. The van der Waals surface area contributed by atoms with E-state index in [0.29, 0.717) is 23.9 Å². The number of nitrogens with one attached hydrogen (secondary N) is 1. The number of rotatable bonds is 19. The summed E-state index contributed by atoms with van der Waals surface area (Å²) in [6.45, 7) is 28.6. The molecule has 1 saturated carbocycles. The highest BCUT2D eigenvalue weighted by Gasteiger charge is 2.28. The van der Waals surface area contributed by atoms with Gasteiger partial charge in [-0.15, -0.1) is 0 Å². The van der Waals surface area contributed by atoms with Crippen molar-refractivity contribution in [1.29, 1.82) is 0 Å². The molecule has 1 saturated heterocycles. The molecule has 0 bridgehead atoms. The van der Waals surface area contributed by atoms with Crippen molar-refractivity contribution in [1.82, 2.24) is 15.1 Å². The van der Waals surface area contributed by atoms with Crippen LogP contribution in [0.25, 0.3) is 5.70 Å². The van der Waals surface area contributed by atoms with Crippen molar-refractivity contribution in [3.8, 4) is 0 Å². The van der Waals surface area contributed by atoms with Crippen molar-refractivity contribution >= 4 is 11.4 Å². The number of aliphatic hydroxyl groups excluding tert-OH is 1. The third-order valence-electron chi connectivity index (χ3n) is 11.3. The molecule has 0 aromatic heterocycles. The van der Waals surface area contributed by atoms with Crippen LogP contribution in [0.5, 0.6) is 0 Å². The van der Waals surface area contributed by atoms with Crippen LogP contribution in [0.4, 0.5) is 4.39 Å². The van der Waals surface area contributed by atoms with Gasteiger partial charge in [0.1, 0.15) is 11.6 Å². The van der Waals surface area contributed by atoms with Gasteiger partial charge in [-0.2, -0.15) is 0 Å². The van der Waals surface area contributed by atoms with Crippen molar-refractivity contribution in [3.63, 3.8) is 0 Å². The lowest BCUT2D eigenvalue weighted by Crippen LogP contribution is -2.39. The molecule has 1 aromatic carbocycles. The summed E-state index contributed by atoms with van der Waals surface area (Å²) in [6, 6.07) is 5.30. The molecule has 1 heterocycles. The predicted molar refractivity (Wildman–Crippen MR) is 228 cm³/mol. The number of nitrogens with zero attached hydrogens (tertiary/aromatic N) is 3. The predicted octanol–water partition coefficient (Wildman–Crippen LogP) is 12.3. The zero-order valence-corrected chi connectivity index (χ0v) is 34.7. The summed E-state index contributed by atoms with van der Waals surface area (Å²) in [5.74, 6) is -0.0276. The first-order valence-electron chi connectivity index (χ1n) is 20.8. The van der Waals surface area contributed by atoms with Gasteiger partial charge in [-0.1, -0.05) is 103 Å². The quantitative estimate of drug-likeness (QED) is 0.0846. The molecule has 3 rings (SSSR count). The fourth-order valence-corrected chi connectivity index (χ4v) is 7.96. The summed E-state index contributed by atoms with van der Waals surface area (Å²) < 4.78 is 15.2. The number of piperidine rings is 1. The summed E-state index contributed by atoms with van der Waals surface area (Å²) in [7, 11) is 0. The van der Waals surface area contributed by atoms with Crippen molar-refractivity contribution in [2.24, 2.45) is 10.4 Å². The number of halogens is 1. The summed E-state index contributed by atoms with van der Waals surface area (Å²) in [4.78, 5) is 10.3. The first-order valence-corrected chi connectivity index (χ1v) is 20.8. The van der Waals surface area contributed by atoms with Gasteiger partial charge in [0.05, 0.1) is 12.3 Å². The minimum absolute atomic E-state index is 0.178. The lowest BCUT2D eigenvalue weighted by atomic mass is 9.75. The molecule has 0 unspecified atom stereocenters. The van der Waals surface area contributed by atoms with Crippen LogP contribution in [0.15, 0.2) is 88.4 Å². The van der Waals surface area contributed by atoms with Gasteiger partial charge in [-0.25, -0.2) is 4.39 Å². The average Bonchev–Trinajstić information content (AvgIpc) is 3.14. The SMILES string of the molecule is C=C(/C=C(\C)CN(CCCC)/C(C)=C1\CCN(/C(=C/C(O)=C\C)c2cccc(F)c2CC)CC1=NCCCC1(C)CCCCCCC1)C(=C)NCCC. The molecule has 2 aliphatic rings. The molecule has 1 aliphatic heterocycles. The molecule has 5 nitrogen and oxygen atoms in total. The zero-order chi connectivity index (χ0) is 38.8. The molecule has 0 atom stereocenters. The van der Waals surface area contributed by atoms with E-state index in [2.05, 4.69) is 69.0 Å². The summed E-state index contributed by atoms with van der Waals surface area (Å²) in [6.07, 6.45) is 22.1. The Bertz CT molecular complexity index is 1500. The van der Waals surface area contributed by atoms with Crippen LogP contribution < -0.4 is 5.32 Å². The van der Waals surface area contributed by atoms with Crippen molar-refractivity contribution in [3.05, 3.63) is 100 Å². The zero-order valence-electron chi connectivity index (χ0n) is 34.7. The molecule has 1 aliphatic carbocycles. The number of unbranched alkanes of at least 4 members (excludes halogenated alkanes) is 1. The van der Waals surface area contributed by atoms with Crippen LogP contribution in [0.2, 0.25) is 0 Å². The molecule has 0 radical (unpaired) electrons. The Labute approximate surface area is 323 Å². The maximum atomic E-state index is 15.2. The summed E-state index contributed by atoms with van der Waals surface area (Å²) >= 11 is 0. The van der Waals surface area contributed by atoms with Gasteiger partial charge in [-0.3, -0.25) is 4.99 Å². The van der Waals surface area contributed by atoms with Crippen LogP contribution in [0, 0.1) is 11.2 Å².